The number of hydrogen-bond donors (Lipinski definition) is 2. The van der Waals surface area contributed by atoms with Gasteiger partial charge in [0.05, 0.1) is 11.4 Å². The fourth-order valence-corrected chi connectivity index (χ4v) is 1.17. The second kappa shape index (κ2) is 6.19. The molecule has 18 heavy (non-hydrogen) atoms. The summed E-state index contributed by atoms with van der Waals surface area (Å²) in [5.41, 5.74) is 1.13. The van der Waals surface area contributed by atoms with Gasteiger partial charge in [-0.25, -0.2) is 0 Å². The quantitative estimate of drug-likeness (QED) is 0.859. The third-order valence-electron chi connectivity index (χ3n) is 2.36. The molecule has 0 atom stereocenters. The Morgan fingerprint density at radius 2 is 1.33 bits per heavy atom. The average molecular weight is 247 g/mol. The zero-order valence-electron chi connectivity index (χ0n) is 11.2. The normalized spacial score (nSPS) is 10.6. The van der Waals surface area contributed by atoms with E-state index >= 15 is 0 Å². The number of carbonyl (C=O) groups excluding carboxylic acids is 2. The minimum absolute atomic E-state index is 0.0708. The molecule has 0 aliphatic carbocycles. The maximum absolute atomic E-state index is 11.5. The molecular formula is C14H19N2O2. The first-order chi connectivity index (χ1) is 8.40. The lowest BCUT2D eigenvalue weighted by Crippen LogP contribution is -2.19. The predicted octanol–water partition coefficient (Wildman–Crippen LogP) is 2.68. The van der Waals surface area contributed by atoms with Crippen LogP contribution in [0.25, 0.3) is 0 Å². The minimum atomic E-state index is -0.0905. The third-order valence-corrected chi connectivity index (χ3v) is 2.36. The van der Waals surface area contributed by atoms with Gasteiger partial charge in [-0.2, -0.15) is 0 Å². The van der Waals surface area contributed by atoms with Crippen LogP contribution >= 0.6 is 0 Å². The van der Waals surface area contributed by atoms with Crippen LogP contribution in [0, 0.1) is 17.9 Å². The van der Waals surface area contributed by atoms with Crippen LogP contribution in [0.15, 0.2) is 18.2 Å². The predicted molar refractivity (Wildman–Crippen MR) is 72.2 cm³/mol. The molecule has 0 aromatic heterocycles. The first-order valence-electron chi connectivity index (χ1n) is 6.04. The van der Waals surface area contributed by atoms with Gasteiger partial charge in [-0.15, -0.1) is 0 Å². The Labute approximate surface area is 108 Å². The van der Waals surface area contributed by atoms with Crippen molar-refractivity contribution < 1.29 is 9.59 Å². The van der Waals surface area contributed by atoms with E-state index < -0.39 is 0 Å². The van der Waals surface area contributed by atoms with E-state index in [0.717, 1.165) is 0 Å². The summed E-state index contributed by atoms with van der Waals surface area (Å²) in [6.07, 6.45) is 0. The lowest BCUT2D eigenvalue weighted by atomic mass is 10.2. The van der Waals surface area contributed by atoms with Gasteiger partial charge in [0.1, 0.15) is 0 Å². The van der Waals surface area contributed by atoms with Gasteiger partial charge in [0.15, 0.2) is 0 Å². The summed E-state index contributed by atoms with van der Waals surface area (Å²) in [6.45, 7) is 7.28. The van der Waals surface area contributed by atoms with Crippen LogP contribution < -0.4 is 10.6 Å². The van der Waals surface area contributed by atoms with E-state index in [-0.39, 0.29) is 23.7 Å². The Balaban J connectivity index is 2.74. The highest BCUT2D eigenvalue weighted by Crippen LogP contribution is 2.15. The molecule has 4 heteroatoms. The Kier molecular flexibility index (Phi) is 4.89. The maximum atomic E-state index is 11.5. The molecule has 97 valence electrons. The first kappa shape index (κ1) is 14.2. The van der Waals surface area contributed by atoms with Gasteiger partial charge in [-0.1, -0.05) is 33.8 Å². The zero-order valence-corrected chi connectivity index (χ0v) is 11.2. The number of amides is 2. The summed E-state index contributed by atoms with van der Waals surface area (Å²) in [4.78, 5) is 23.1. The Morgan fingerprint density at radius 3 is 1.67 bits per heavy atom. The van der Waals surface area contributed by atoms with Crippen molar-refractivity contribution in [3.05, 3.63) is 24.3 Å². The largest absolute Gasteiger partial charge is 0.325 e. The highest BCUT2D eigenvalue weighted by atomic mass is 16.2. The molecule has 4 nitrogen and oxygen atoms in total. The van der Waals surface area contributed by atoms with E-state index in [9.17, 15) is 9.59 Å². The van der Waals surface area contributed by atoms with Crippen molar-refractivity contribution in [3.63, 3.8) is 0 Å². The van der Waals surface area contributed by atoms with E-state index in [1.807, 2.05) is 27.7 Å². The van der Waals surface area contributed by atoms with Crippen molar-refractivity contribution >= 4 is 23.2 Å². The third kappa shape index (κ3) is 4.20. The van der Waals surface area contributed by atoms with Gasteiger partial charge < -0.3 is 10.6 Å². The molecule has 1 radical (unpaired) electrons. The van der Waals surface area contributed by atoms with Crippen LogP contribution in [0.3, 0.4) is 0 Å². The molecule has 0 heterocycles. The minimum Gasteiger partial charge on any atom is -0.325 e. The summed E-state index contributed by atoms with van der Waals surface area (Å²) >= 11 is 0. The van der Waals surface area contributed by atoms with Gasteiger partial charge in [-0.05, 0) is 12.1 Å². The van der Waals surface area contributed by atoms with E-state index in [4.69, 9.17) is 0 Å². The lowest BCUT2D eigenvalue weighted by Gasteiger charge is -2.10. The molecule has 2 N–H and O–H groups in total. The smallest absolute Gasteiger partial charge is 0.226 e. The fourth-order valence-electron chi connectivity index (χ4n) is 1.17. The molecule has 2 amide bonds. The van der Waals surface area contributed by atoms with Crippen molar-refractivity contribution in [2.75, 3.05) is 10.6 Å². The molecule has 0 aliphatic heterocycles. The Bertz CT molecular complexity index is 402. The summed E-state index contributed by atoms with van der Waals surface area (Å²) in [7, 11) is 0. The molecule has 0 saturated heterocycles. The summed E-state index contributed by atoms with van der Waals surface area (Å²) in [5.74, 6) is -0.322. The second-order valence-electron chi connectivity index (χ2n) is 4.77. The summed E-state index contributed by atoms with van der Waals surface area (Å²) < 4.78 is 0. The molecule has 0 aliphatic rings. The number of benzene rings is 1. The standard InChI is InChI=1S/C14H19N2O2/c1-9(2)13(17)15-11-6-5-7-12(8-11)16-14(18)10(3)4/h5-7,9-10H,1-4H3,(H,15,17)(H,16,18). The van der Waals surface area contributed by atoms with E-state index in [0.29, 0.717) is 11.4 Å². The molecule has 0 fully saturated rings. The number of nitrogens with one attached hydrogen (secondary N) is 2. The molecule has 0 saturated carbocycles. The maximum Gasteiger partial charge on any atom is 0.226 e. The van der Waals surface area contributed by atoms with Crippen molar-refractivity contribution in [3.8, 4) is 0 Å². The highest BCUT2D eigenvalue weighted by Gasteiger charge is 2.10. The second-order valence-corrected chi connectivity index (χ2v) is 4.77. The van der Waals surface area contributed by atoms with Crippen molar-refractivity contribution in [1.29, 1.82) is 0 Å². The zero-order chi connectivity index (χ0) is 13.7. The molecule has 0 bridgehead atoms. The van der Waals surface area contributed by atoms with Crippen LogP contribution in [0.4, 0.5) is 11.4 Å². The van der Waals surface area contributed by atoms with Crippen molar-refractivity contribution in [1.82, 2.24) is 0 Å². The van der Waals surface area contributed by atoms with Crippen LogP contribution in [0.1, 0.15) is 27.7 Å². The SMILES string of the molecule is CC(C)C(=O)Nc1[c]c(NC(=O)C(C)C)ccc1. The van der Waals surface area contributed by atoms with Gasteiger partial charge in [0.2, 0.25) is 11.8 Å². The van der Waals surface area contributed by atoms with Crippen LogP contribution in [-0.4, -0.2) is 11.8 Å². The molecule has 1 rings (SSSR count). The van der Waals surface area contributed by atoms with Gasteiger partial charge in [-0.3, -0.25) is 9.59 Å². The number of hydrogen-bond acceptors (Lipinski definition) is 2. The van der Waals surface area contributed by atoms with Gasteiger partial charge in [0.25, 0.3) is 0 Å². The Hall–Kier alpha value is -1.84. The van der Waals surface area contributed by atoms with Crippen molar-refractivity contribution in [2.45, 2.75) is 27.7 Å². The average Bonchev–Trinajstić information content (AvgIpc) is 2.29. The molecule has 0 unspecified atom stereocenters. The highest BCUT2D eigenvalue weighted by molar-refractivity contribution is 5.94. The van der Waals surface area contributed by atoms with Crippen LogP contribution in [-0.2, 0) is 9.59 Å². The van der Waals surface area contributed by atoms with Crippen LogP contribution in [0.2, 0.25) is 0 Å². The molecular weight excluding hydrogens is 228 g/mol. The van der Waals surface area contributed by atoms with E-state index in [1.54, 1.807) is 18.2 Å². The van der Waals surface area contributed by atoms with Crippen LogP contribution in [0.5, 0.6) is 0 Å². The Morgan fingerprint density at radius 1 is 0.944 bits per heavy atom. The number of anilines is 2. The summed E-state index contributed by atoms with van der Waals surface area (Å²) in [5, 5.41) is 5.48. The fraction of sp³-hybridized carbons (Fsp3) is 0.429. The number of rotatable bonds is 4. The van der Waals surface area contributed by atoms with Gasteiger partial charge >= 0.3 is 0 Å². The van der Waals surface area contributed by atoms with E-state index in [1.165, 1.54) is 0 Å². The molecule has 0 spiro atoms. The van der Waals surface area contributed by atoms with Crippen molar-refractivity contribution in [2.24, 2.45) is 11.8 Å². The first-order valence-corrected chi connectivity index (χ1v) is 6.04. The monoisotopic (exact) mass is 247 g/mol. The van der Waals surface area contributed by atoms with Gasteiger partial charge in [0, 0.05) is 17.9 Å². The number of carbonyl (C=O) groups is 2. The molecule has 1 aromatic carbocycles. The topological polar surface area (TPSA) is 58.2 Å². The lowest BCUT2D eigenvalue weighted by molar-refractivity contribution is -0.119. The molecule has 1 aromatic rings. The summed E-state index contributed by atoms with van der Waals surface area (Å²) in [6, 6.07) is 8.20. The van der Waals surface area contributed by atoms with E-state index in [2.05, 4.69) is 16.7 Å².